The van der Waals surface area contributed by atoms with Crippen LogP contribution in [-0.4, -0.2) is 31.1 Å². The van der Waals surface area contributed by atoms with E-state index in [0.717, 1.165) is 10.4 Å². The summed E-state index contributed by atoms with van der Waals surface area (Å²) >= 11 is 3.49. The lowest BCUT2D eigenvalue weighted by Gasteiger charge is -2.35. The van der Waals surface area contributed by atoms with E-state index in [0.29, 0.717) is 12.1 Å². The molecule has 0 radical (unpaired) electrons. The second kappa shape index (κ2) is 6.87. The molecule has 0 aliphatic carbocycles. The zero-order valence-corrected chi connectivity index (χ0v) is 13.8. The van der Waals surface area contributed by atoms with Gasteiger partial charge in [0.25, 0.3) is 0 Å². The molecular weight excluding hydrogens is 300 g/mol. The topological polar surface area (TPSA) is 15.3 Å². The molecule has 1 heterocycles. The fourth-order valence-corrected chi connectivity index (χ4v) is 3.26. The van der Waals surface area contributed by atoms with Gasteiger partial charge in [-0.05, 0) is 63.9 Å². The predicted molar refractivity (Wildman–Crippen MR) is 85.4 cm³/mol. The number of nitrogens with one attached hydrogen (secondary N) is 1. The molecule has 1 saturated heterocycles. The van der Waals surface area contributed by atoms with Gasteiger partial charge in [-0.3, -0.25) is 0 Å². The van der Waals surface area contributed by atoms with E-state index < -0.39 is 0 Å². The molecule has 0 saturated carbocycles. The molecule has 0 bridgehead atoms. The number of benzene rings is 1. The highest BCUT2D eigenvalue weighted by atomic mass is 79.9. The van der Waals surface area contributed by atoms with Crippen LogP contribution < -0.4 is 5.32 Å². The van der Waals surface area contributed by atoms with Crippen molar-refractivity contribution in [2.45, 2.75) is 38.8 Å². The molecule has 3 unspecified atom stereocenters. The fourth-order valence-electron chi connectivity index (χ4n) is 2.99. The van der Waals surface area contributed by atoms with Gasteiger partial charge in [-0.2, -0.15) is 0 Å². The number of nitrogens with zero attached hydrogens (tertiary/aromatic N) is 1. The molecule has 2 rings (SSSR count). The highest BCUT2D eigenvalue weighted by Gasteiger charge is 2.23. The average Bonchev–Trinajstić information content (AvgIpc) is 2.39. The van der Waals surface area contributed by atoms with E-state index in [9.17, 15) is 0 Å². The molecule has 1 fully saturated rings. The third kappa shape index (κ3) is 4.30. The Bertz CT molecular complexity index is 390. The summed E-state index contributed by atoms with van der Waals surface area (Å²) in [6.45, 7) is 7.07. The number of rotatable bonds is 4. The van der Waals surface area contributed by atoms with Gasteiger partial charge < -0.3 is 10.2 Å². The molecule has 2 nitrogen and oxygen atoms in total. The Morgan fingerprint density at radius 3 is 2.58 bits per heavy atom. The number of hydrogen-bond donors (Lipinski definition) is 1. The number of hydrogen-bond acceptors (Lipinski definition) is 2. The van der Waals surface area contributed by atoms with Crippen molar-refractivity contribution in [2.24, 2.45) is 5.92 Å². The molecule has 19 heavy (non-hydrogen) atoms. The number of likely N-dealkylation sites (tertiary alicyclic amines) is 1. The SMILES string of the molecule is CC(NC(C)C1CCCN(C)C1)c1ccc(Br)cc1. The Kier molecular flexibility index (Phi) is 5.43. The second-order valence-corrected chi connectivity index (χ2v) is 6.81. The van der Waals surface area contributed by atoms with Crippen molar-refractivity contribution in [1.29, 1.82) is 0 Å². The van der Waals surface area contributed by atoms with Crippen LogP contribution in [0.4, 0.5) is 0 Å². The van der Waals surface area contributed by atoms with E-state index in [2.05, 4.69) is 71.3 Å². The summed E-state index contributed by atoms with van der Waals surface area (Å²) in [5.41, 5.74) is 1.36. The van der Waals surface area contributed by atoms with E-state index in [1.54, 1.807) is 0 Å². The smallest absolute Gasteiger partial charge is 0.0294 e. The summed E-state index contributed by atoms with van der Waals surface area (Å²) in [5, 5.41) is 3.76. The lowest BCUT2D eigenvalue weighted by molar-refractivity contribution is 0.174. The normalized spacial score (nSPS) is 24.1. The molecule has 1 aromatic rings. The third-order valence-electron chi connectivity index (χ3n) is 4.25. The van der Waals surface area contributed by atoms with Crippen LogP contribution >= 0.6 is 15.9 Å². The molecule has 1 aliphatic rings. The van der Waals surface area contributed by atoms with Crippen molar-refractivity contribution in [3.05, 3.63) is 34.3 Å². The highest BCUT2D eigenvalue weighted by Crippen LogP contribution is 2.22. The zero-order valence-electron chi connectivity index (χ0n) is 12.2. The summed E-state index contributed by atoms with van der Waals surface area (Å²) in [5.74, 6) is 0.775. The van der Waals surface area contributed by atoms with Crippen LogP contribution in [0.3, 0.4) is 0 Å². The largest absolute Gasteiger partial charge is 0.307 e. The highest BCUT2D eigenvalue weighted by molar-refractivity contribution is 9.10. The maximum atomic E-state index is 3.76. The molecule has 1 N–H and O–H groups in total. The Morgan fingerprint density at radius 1 is 1.26 bits per heavy atom. The van der Waals surface area contributed by atoms with Gasteiger partial charge in [-0.25, -0.2) is 0 Å². The summed E-state index contributed by atoms with van der Waals surface area (Å²) in [7, 11) is 2.23. The minimum Gasteiger partial charge on any atom is -0.307 e. The molecule has 106 valence electrons. The molecular formula is C16H25BrN2. The summed E-state index contributed by atoms with van der Waals surface area (Å²) < 4.78 is 1.14. The van der Waals surface area contributed by atoms with Gasteiger partial charge in [-0.15, -0.1) is 0 Å². The Morgan fingerprint density at radius 2 is 1.95 bits per heavy atom. The van der Waals surface area contributed by atoms with Crippen molar-refractivity contribution in [2.75, 3.05) is 20.1 Å². The van der Waals surface area contributed by atoms with E-state index in [1.807, 2.05) is 0 Å². The van der Waals surface area contributed by atoms with Crippen LogP contribution in [0.15, 0.2) is 28.7 Å². The van der Waals surface area contributed by atoms with Crippen molar-refractivity contribution in [1.82, 2.24) is 10.2 Å². The van der Waals surface area contributed by atoms with Crippen molar-refractivity contribution in [3.8, 4) is 0 Å². The molecule has 1 aliphatic heterocycles. The zero-order chi connectivity index (χ0) is 13.8. The Balaban J connectivity index is 1.90. The molecule has 0 spiro atoms. The maximum absolute atomic E-state index is 3.76. The van der Waals surface area contributed by atoms with Crippen LogP contribution in [0.1, 0.15) is 38.3 Å². The van der Waals surface area contributed by atoms with Crippen LogP contribution in [-0.2, 0) is 0 Å². The van der Waals surface area contributed by atoms with Gasteiger partial charge in [-0.1, -0.05) is 28.1 Å². The number of piperidine rings is 1. The van der Waals surface area contributed by atoms with Crippen LogP contribution in [0.25, 0.3) is 0 Å². The Labute approximate surface area is 125 Å². The third-order valence-corrected chi connectivity index (χ3v) is 4.78. The van der Waals surface area contributed by atoms with Crippen molar-refractivity contribution >= 4 is 15.9 Å². The Hall–Kier alpha value is -0.380. The van der Waals surface area contributed by atoms with E-state index in [4.69, 9.17) is 0 Å². The van der Waals surface area contributed by atoms with Gasteiger partial charge in [0.1, 0.15) is 0 Å². The summed E-state index contributed by atoms with van der Waals surface area (Å²) in [4.78, 5) is 2.46. The molecule has 3 atom stereocenters. The molecule has 3 heteroatoms. The summed E-state index contributed by atoms with van der Waals surface area (Å²) in [6, 6.07) is 9.61. The van der Waals surface area contributed by atoms with Crippen molar-refractivity contribution in [3.63, 3.8) is 0 Å². The van der Waals surface area contributed by atoms with Gasteiger partial charge >= 0.3 is 0 Å². The van der Waals surface area contributed by atoms with Gasteiger partial charge in [0, 0.05) is 23.1 Å². The number of halogens is 1. The van der Waals surface area contributed by atoms with E-state index in [1.165, 1.54) is 31.5 Å². The first-order valence-corrected chi connectivity index (χ1v) is 8.05. The maximum Gasteiger partial charge on any atom is 0.0294 e. The van der Waals surface area contributed by atoms with Gasteiger partial charge in [0.05, 0.1) is 0 Å². The van der Waals surface area contributed by atoms with Crippen LogP contribution in [0.2, 0.25) is 0 Å². The standard InChI is InChI=1S/C16H25BrN2/c1-12(14-6-8-16(17)9-7-14)18-13(2)15-5-4-10-19(3)11-15/h6-9,12-13,15,18H,4-5,10-11H2,1-3H3. The fraction of sp³-hybridized carbons (Fsp3) is 0.625. The summed E-state index contributed by atoms with van der Waals surface area (Å²) in [6.07, 6.45) is 2.69. The van der Waals surface area contributed by atoms with Crippen molar-refractivity contribution < 1.29 is 0 Å². The quantitative estimate of drug-likeness (QED) is 0.905. The predicted octanol–water partition coefficient (Wildman–Crippen LogP) is 3.83. The minimum absolute atomic E-state index is 0.412. The van der Waals surface area contributed by atoms with Crippen LogP contribution in [0, 0.1) is 5.92 Å². The van der Waals surface area contributed by atoms with Crippen LogP contribution in [0.5, 0.6) is 0 Å². The second-order valence-electron chi connectivity index (χ2n) is 5.89. The van der Waals surface area contributed by atoms with Gasteiger partial charge in [0.2, 0.25) is 0 Å². The first-order chi connectivity index (χ1) is 9.06. The van der Waals surface area contributed by atoms with E-state index in [-0.39, 0.29) is 0 Å². The minimum atomic E-state index is 0.412. The first-order valence-electron chi connectivity index (χ1n) is 7.26. The lowest BCUT2D eigenvalue weighted by atomic mass is 9.91. The first kappa shape index (κ1) is 15.0. The lowest BCUT2D eigenvalue weighted by Crippen LogP contribution is -2.43. The monoisotopic (exact) mass is 324 g/mol. The molecule has 1 aromatic carbocycles. The molecule has 0 amide bonds. The molecule has 0 aromatic heterocycles. The average molecular weight is 325 g/mol. The van der Waals surface area contributed by atoms with E-state index >= 15 is 0 Å². The van der Waals surface area contributed by atoms with Gasteiger partial charge in [0.15, 0.2) is 0 Å².